The third kappa shape index (κ3) is 3.26. The predicted molar refractivity (Wildman–Crippen MR) is 99.0 cm³/mol. The molecule has 0 bridgehead atoms. The third-order valence-corrected chi connectivity index (χ3v) is 4.68. The maximum absolute atomic E-state index is 13.6. The van der Waals surface area contributed by atoms with Gasteiger partial charge >= 0.3 is 0 Å². The lowest BCUT2D eigenvalue weighted by molar-refractivity contribution is 0.370. The van der Waals surface area contributed by atoms with Gasteiger partial charge in [0, 0.05) is 54.7 Å². The van der Waals surface area contributed by atoms with Crippen LogP contribution in [-0.4, -0.2) is 34.6 Å². The average molecular weight is 333 g/mol. The van der Waals surface area contributed by atoms with Crippen molar-refractivity contribution in [2.24, 2.45) is 0 Å². The van der Waals surface area contributed by atoms with Crippen LogP contribution in [0.25, 0.3) is 22.4 Å². The topological polar surface area (TPSA) is 21.1 Å². The minimum atomic E-state index is -0.225. The molecule has 0 spiro atoms. The van der Waals surface area contributed by atoms with Crippen LogP contribution in [0.3, 0.4) is 0 Å². The van der Waals surface area contributed by atoms with E-state index in [1.165, 1.54) is 17.2 Å². The number of pyridine rings is 1. The van der Waals surface area contributed by atoms with Crippen molar-refractivity contribution in [3.8, 4) is 16.8 Å². The highest BCUT2D eigenvalue weighted by molar-refractivity contribution is 5.82. The fourth-order valence-electron chi connectivity index (χ4n) is 3.27. The summed E-state index contributed by atoms with van der Waals surface area (Å²) in [5.41, 5.74) is 5.67. The molecule has 3 aromatic rings. The molecule has 126 valence electrons. The van der Waals surface area contributed by atoms with Gasteiger partial charge in [-0.1, -0.05) is 12.1 Å². The molecule has 0 fully saturated rings. The first-order valence-electron chi connectivity index (χ1n) is 8.47. The van der Waals surface area contributed by atoms with Crippen LogP contribution in [0.15, 0.2) is 67.3 Å². The number of halogens is 1. The molecule has 0 unspecified atom stereocenters. The standard InChI is InChI=1S/C21H20FN3/c1-24-11-7-17(8-12-24)21-15-25(19-4-2-3-18(22)13-19)14-20(21)16-5-9-23-10-6-16/h2-7,9-10,13-15H,8,11-12H2,1H3. The normalized spacial score (nSPS) is 15.2. The Morgan fingerprint density at radius 1 is 1.04 bits per heavy atom. The molecule has 4 heteroatoms. The smallest absolute Gasteiger partial charge is 0.125 e. The second-order valence-corrected chi connectivity index (χ2v) is 6.45. The lowest BCUT2D eigenvalue weighted by Gasteiger charge is -2.22. The SMILES string of the molecule is CN1CC=C(c2cn(-c3cccc(F)c3)cc2-c2ccncc2)CC1. The van der Waals surface area contributed by atoms with Crippen LogP contribution in [0.1, 0.15) is 12.0 Å². The van der Waals surface area contributed by atoms with Gasteiger partial charge in [-0.2, -0.15) is 0 Å². The Labute approximate surface area is 147 Å². The van der Waals surface area contributed by atoms with Crippen molar-refractivity contribution in [3.05, 3.63) is 78.6 Å². The summed E-state index contributed by atoms with van der Waals surface area (Å²) in [6.07, 6.45) is 11.1. The van der Waals surface area contributed by atoms with E-state index in [9.17, 15) is 4.39 Å². The molecular formula is C21H20FN3. The second-order valence-electron chi connectivity index (χ2n) is 6.45. The molecule has 3 nitrogen and oxygen atoms in total. The van der Waals surface area contributed by atoms with E-state index in [4.69, 9.17) is 0 Å². The number of likely N-dealkylation sites (N-methyl/N-ethyl adjacent to an activating group) is 1. The Hall–Kier alpha value is -2.72. The van der Waals surface area contributed by atoms with Crippen LogP contribution in [0, 0.1) is 5.82 Å². The Kier molecular flexibility index (Phi) is 4.20. The van der Waals surface area contributed by atoms with Crippen LogP contribution in [0.5, 0.6) is 0 Å². The van der Waals surface area contributed by atoms with E-state index in [0.717, 1.165) is 36.3 Å². The van der Waals surface area contributed by atoms with Gasteiger partial charge in [-0.15, -0.1) is 0 Å². The summed E-state index contributed by atoms with van der Waals surface area (Å²) in [6.45, 7) is 2.00. The maximum atomic E-state index is 13.6. The molecule has 3 heterocycles. The fourth-order valence-corrected chi connectivity index (χ4v) is 3.27. The summed E-state index contributed by atoms with van der Waals surface area (Å²) < 4.78 is 15.6. The molecule has 25 heavy (non-hydrogen) atoms. The zero-order chi connectivity index (χ0) is 17.2. The molecule has 0 saturated heterocycles. The van der Waals surface area contributed by atoms with Crippen molar-refractivity contribution in [1.82, 2.24) is 14.5 Å². The van der Waals surface area contributed by atoms with Crippen molar-refractivity contribution in [2.45, 2.75) is 6.42 Å². The van der Waals surface area contributed by atoms with Crippen molar-refractivity contribution in [1.29, 1.82) is 0 Å². The van der Waals surface area contributed by atoms with Crippen LogP contribution >= 0.6 is 0 Å². The Bertz CT molecular complexity index is 912. The lowest BCUT2D eigenvalue weighted by Crippen LogP contribution is -2.23. The van der Waals surface area contributed by atoms with E-state index in [-0.39, 0.29) is 5.82 Å². The van der Waals surface area contributed by atoms with Gasteiger partial charge in [-0.05, 0) is 54.9 Å². The fraction of sp³-hybridized carbons (Fsp3) is 0.190. The maximum Gasteiger partial charge on any atom is 0.125 e. The molecule has 0 radical (unpaired) electrons. The number of benzene rings is 1. The predicted octanol–water partition coefficient (Wildman–Crippen LogP) is 4.40. The van der Waals surface area contributed by atoms with Crippen molar-refractivity contribution >= 4 is 5.57 Å². The summed E-state index contributed by atoms with van der Waals surface area (Å²) in [4.78, 5) is 6.43. The molecule has 1 aliphatic heterocycles. The summed E-state index contributed by atoms with van der Waals surface area (Å²) in [7, 11) is 2.13. The van der Waals surface area contributed by atoms with E-state index < -0.39 is 0 Å². The van der Waals surface area contributed by atoms with Crippen LogP contribution in [0.2, 0.25) is 0 Å². The average Bonchev–Trinajstić information content (AvgIpc) is 3.08. The molecule has 0 N–H and O–H groups in total. The van der Waals surface area contributed by atoms with E-state index in [1.807, 2.05) is 35.2 Å². The molecule has 2 aromatic heterocycles. The quantitative estimate of drug-likeness (QED) is 0.708. The number of nitrogens with zero attached hydrogens (tertiary/aromatic N) is 3. The number of hydrogen-bond acceptors (Lipinski definition) is 2. The second kappa shape index (κ2) is 6.65. The van der Waals surface area contributed by atoms with Gasteiger partial charge in [0.05, 0.1) is 0 Å². The van der Waals surface area contributed by atoms with Crippen LogP contribution in [0.4, 0.5) is 4.39 Å². The number of hydrogen-bond donors (Lipinski definition) is 0. The zero-order valence-electron chi connectivity index (χ0n) is 14.2. The van der Waals surface area contributed by atoms with E-state index in [0.29, 0.717) is 0 Å². The Balaban J connectivity index is 1.84. The first-order valence-corrected chi connectivity index (χ1v) is 8.47. The molecule has 0 saturated carbocycles. The summed E-state index contributed by atoms with van der Waals surface area (Å²) >= 11 is 0. The van der Waals surface area contributed by atoms with Crippen molar-refractivity contribution in [2.75, 3.05) is 20.1 Å². The summed E-state index contributed by atoms with van der Waals surface area (Å²) in [5.74, 6) is -0.225. The molecular weight excluding hydrogens is 313 g/mol. The minimum Gasteiger partial charge on any atom is -0.322 e. The highest BCUT2D eigenvalue weighted by atomic mass is 19.1. The minimum absolute atomic E-state index is 0.225. The number of aromatic nitrogens is 2. The highest BCUT2D eigenvalue weighted by Crippen LogP contribution is 2.34. The highest BCUT2D eigenvalue weighted by Gasteiger charge is 2.17. The largest absolute Gasteiger partial charge is 0.322 e. The van der Waals surface area contributed by atoms with Gasteiger partial charge in [-0.3, -0.25) is 4.98 Å². The van der Waals surface area contributed by atoms with Crippen LogP contribution in [-0.2, 0) is 0 Å². The Morgan fingerprint density at radius 3 is 2.56 bits per heavy atom. The molecule has 0 aliphatic carbocycles. The van der Waals surface area contributed by atoms with E-state index in [2.05, 4.69) is 35.4 Å². The van der Waals surface area contributed by atoms with Gasteiger partial charge in [-0.25, -0.2) is 4.39 Å². The number of rotatable bonds is 3. The first-order chi connectivity index (χ1) is 12.2. The van der Waals surface area contributed by atoms with Gasteiger partial charge in [0.2, 0.25) is 0 Å². The summed E-state index contributed by atoms with van der Waals surface area (Å²) in [5, 5.41) is 0. The van der Waals surface area contributed by atoms with E-state index in [1.54, 1.807) is 12.1 Å². The van der Waals surface area contributed by atoms with Gasteiger partial charge < -0.3 is 9.47 Å². The summed E-state index contributed by atoms with van der Waals surface area (Å²) in [6, 6.07) is 10.7. The molecule has 0 atom stereocenters. The lowest BCUT2D eigenvalue weighted by atomic mass is 9.96. The van der Waals surface area contributed by atoms with Crippen molar-refractivity contribution in [3.63, 3.8) is 0 Å². The molecule has 1 aromatic carbocycles. The zero-order valence-corrected chi connectivity index (χ0v) is 14.2. The Morgan fingerprint density at radius 2 is 1.84 bits per heavy atom. The third-order valence-electron chi connectivity index (χ3n) is 4.68. The van der Waals surface area contributed by atoms with Gasteiger partial charge in [0.15, 0.2) is 0 Å². The van der Waals surface area contributed by atoms with Gasteiger partial charge in [0.1, 0.15) is 5.82 Å². The van der Waals surface area contributed by atoms with Crippen molar-refractivity contribution < 1.29 is 4.39 Å². The van der Waals surface area contributed by atoms with Gasteiger partial charge in [0.25, 0.3) is 0 Å². The van der Waals surface area contributed by atoms with Crippen LogP contribution < -0.4 is 0 Å². The molecule has 1 aliphatic rings. The first kappa shape index (κ1) is 15.8. The monoisotopic (exact) mass is 333 g/mol. The van der Waals surface area contributed by atoms with E-state index >= 15 is 0 Å². The molecule has 0 amide bonds. The molecule has 4 rings (SSSR count).